The van der Waals surface area contributed by atoms with E-state index in [-0.39, 0.29) is 5.54 Å². The van der Waals surface area contributed by atoms with Crippen LogP contribution in [-0.4, -0.2) is 35.4 Å². The number of rotatable bonds is 4. The molecule has 20 heavy (non-hydrogen) atoms. The molecule has 0 fully saturated rings. The third kappa shape index (κ3) is 6.63. The number of hydrogen-bond donors (Lipinski definition) is 3. The van der Waals surface area contributed by atoms with Crippen LogP contribution in [0.5, 0.6) is 0 Å². The van der Waals surface area contributed by atoms with E-state index in [1.807, 2.05) is 20.8 Å². The average molecular weight is 343 g/mol. The van der Waals surface area contributed by atoms with Gasteiger partial charge >= 0.3 is 11.8 Å². The summed E-state index contributed by atoms with van der Waals surface area (Å²) in [6.45, 7) is 7.08. The molecule has 110 valence electrons. The molecule has 0 atom stereocenters. The Hall–Kier alpha value is -1.47. The van der Waals surface area contributed by atoms with Crippen molar-refractivity contribution in [3.63, 3.8) is 0 Å². The average Bonchev–Trinajstić information content (AvgIpc) is 2.33. The van der Waals surface area contributed by atoms with Gasteiger partial charge in [-0.15, -0.1) is 0 Å². The largest absolute Gasteiger partial charge is 0.347 e. The van der Waals surface area contributed by atoms with Gasteiger partial charge in [0, 0.05) is 29.3 Å². The first-order valence-electron chi connectivity index (χ1n) is 6.23. The summed E-state index contributed by atoms with van der Waals surface area (Å²) >= 11 is 3.24. The van der Waals surface area contributed by atoms with Gasteiger partial charge in [0.1, 0.15) is 0 Å². The Morgan fingerprint density at radius 3 is 2.50 bits per heavy atom. The van der Waals surface area contributed by atoms with Crippen LogP contribution < -0.4 is 16.0 Å². The molecule has 0 spiro atoms. The second-order valence-electron chi connectivity index (χ2n) is 5.28. The quantitative estimate of drug-likeness (QED) is 0.568. The lowest BCUT2D eigenvalue weighted by Crippen LogP contribution is -2.43. The van der Waals surface area contributed by atoms with E-state index in [2.05, 4.69) is 36.9 Å². The minimum Gasteiger partial charge on any atom is -0.347 e. The first-order chi connectivity index (χ1) is 9.28. The number of halogens is 1. The van der Waals surface area contributed by atoms with Crippen LogP contribution in [-0.2, 0) is 9.59 Å². The van der Waals surface area contributed by atoms with E-state index < -0.39 is 11.8 Å². The summed E-state index contributed by atoms with van der Waals surface area (Å²) in [5.74, 6) is -1.37. The second kappa shape index (κ2) is 7.35. The number of aromatic nitrogens is 1. The fourth-order valence-electron chi connectivity index (χ4n) is 1.36. The molecule has 0 saturated heterocycles. The molecule has 0 bridgehead atoms. The highest BCUT2D eigenvalue weighted by atomic mass is 79.9. The van der Waals surface area contributed by atoms with Crippen molar-refractivity contribution < 1.29 is 9.59 Å². The minimum absolute atomic E-state index is 0.0189. The lowest BCUT2D eigenvalue weighted by atomic mass is 10.1. The fourth-order valence-corrected chi connectivity index (χ4v) is 1.73. The molecule has 6 nitrogen and oxygen atoms in total. The maximum atomic E-state index is 11.6. The number of amides is 2. The van der Waals surface area contributed by atoms with Crippen molar-refractivity contribution >= 4 is 33.4 Å². The van der Waals surface area contributed by atoms with E-state index >= 15 is 0 Å². The van der Waals surface area contributed by atoms with Crippen molar-refractivity contribution in [3.05, 3.63) is 22.9 Å². The molecule has 0 aliphatic heterocycles. The Morgan fingerprint density at radius 1 is 1.20 bits per heavy atom. The van der Waals surface area contributed by atoms with Crippen LogP contribution in [0.1, 0.15) is 20.8 Å². The Labute approximate surface area is 126 Å². The van der Waals surface area contributed by atoms with E-state index in [9.17, 15) is 9.59 Å². The normalized spacial score (nSPS) is 11.0. The molecule has 0 aliphatic carbocycles. The summed E-state index contributed by atoms with van der Waals surface area (Å²) in [5, 5.41) is 8.23. The Balaban J connectivity index is 2.35. The zero-order valence-corrected chi connectivity index (χ0v) is 13.4. The molecule has 1 aromatic rings. The number of anilines is 1. The van der Waals surface area contributed by atoms with Crippen LogP contribution in [0.2, 0.25) is 0 Å². The first kappa shape index (κ1) is 16.6. The van der Waals surface area contributed by atoms with Gasteiger partial charge in [-0.05, 0) is 42.8 Å². The number of nitrogens with zero attached hydrogens (tertiary/aromatic N) is 1. The molecule has 2 amide bonds. The van der Waals surface area contributed by atoms with Gasteiger partial charge in [-0.2, -0.15) is 0 Å². The lowest BCUT2D eigenvalue weighted by Gasteiger charge is -2.20. The van der Waals surface area contributed by atoms with Crippen molar-refractivity contribution in [2.45, 2.75) is 26.3 Å². The van der Waals surface area contributed by atoms with Crippen molar-refractivity contribution in [3.8, 4) is 0 Å². The molecular weight excluding hydrogens is 324 g/mol. The highest BCUT2D eigenvalue weighted by molar-refractivity contribution is 9.10. The van der Waals surface area contributed by atoms with Crippen molar-refractivity contribution in [2.24, 2.45) is 0 Å². The molecule has 0 unspecified atom stereocenters. The van der Waals surface area contributed by atoms with Gasteiger partial charge in [-0.1, -0.05) is 0 Å². The molecule has 7 heteroatoms. The van der Waals surface area contributed by atoms with Crippen LogP contribution in [0.4, 0.5) is 5.69 Å². The number of pyridine rings is 1. The Kier molecular flexibility index (Phi) is 6.09. The Morgan fingerprint density at radius 2 is 1.90 bits per heavy atom. The maximum absolute atomic E-state index is 11.6. The molecule has 0 aliphatic rings. The fraction of sp³-hybridized carbons (Fsp3) is 0.462. The number of nitrogens with one attached hydrogen (secondary N) is 3. The summed E-state index contributed by atoms with van der Waals surface area (Å²) in [6, 6.07) is 1.67. The van der Waals surface area contributed by atoms with E-state index in [0.29, 0.717) is 18.8 Å². The van der Waals surface area contributed by atoms with Gasteiger partial charge in [-0.25, -0.2) is 0 Å². The zero-order chi connectivity index (χ0) is 15.2. The standard InChI is InChI=1S/C13H19BrN4O2/c1-13(2,3)17-5-4-16-11(19)12(20)18-10-6-9(14)7-15-8-10/h6-8,17H,4-5H2,1-3H3,(H,16,19)(H,18,20). The van der Waals surface area contributed by atoms with Crippen LogP contribution in [0.25, 0.3) is 0 Å². The predicted molar refractivity (Wildman–Crippen MR) is 81.3 cm³/mol. The second-order valence-corrected chi connectivity index (χ2v) is 6.19. The van der Waals surface area contributed by atoms with Gasteiger partial charge in [0.2, 0.25) is 0 Å². The van der Waals surface area contributed by atoms with E-state index in [1.165, 1.54) is 6.20 Å². The van der Waals surface area contributed by atoms with Crippen molar-refractivity contribution in [2.75, 3.05) is 18.4 Å². The van der Waals surface area contributed by atoms with Crippen LogP contribution in [0.3, 0.4) is 0 Å². The van der Waals surface area contributed by atoms with Gasteiger partial charge in [0.25, 0.3) is 0 Å². The van der Waals surface area contributed by atoms with Gasteiger partial charge in [0.05, 0.1) is 11.9 Å². The summed E-state index contributed by atoms with van der Waals surface area (Å²) in [6.07, 6.45) is 3.06. The highest BCUT2D eigenvalue weighted by Crippen LogP contribution is 2.13. The SMILES string of the molecule is CC(C)(C)NCCNC(=O)C(=O)Nc1cncc(Br)c1. The third-order valence-electron chi connectivity index (χ3n) is 2.23. The highest BCUT2D eigenvalue weighted by Gasteiger charge is 2.14. The van der Waals surface area contributed by atoms with Gasteiger partial charge < -0.3 is 16.0 Å². The zero-order valence-electron chi connectivity index (χ0n) is 11.8. The first-order valence-corrected chi connectivity index (χ1v) is 7.02. The van der Waals surface area contributed by atoms with Crippen LogP contribution in [0, 0.1) is 0 Å². The van der Waals surface area contributed by atoms with E-state index in [0.717, 1.165) is 4.47 Å². The third-order valence-corrected chi connectivity index (χ3v) is 2.67. The van der Waals surface area contributed by atoms with Crippen LogP contribution >= 0.6 is 15.9 Å². The van der Waals surface area contributed by atoms with Gasteiger partial charge in [0.15, 0.2) is 0 Å². The van der Waals surface area contributed by atoms with E-state index in [1.54, 1.807) is 12.3 Å². The van der Waals surface area contributed by atoms with E-state index in [4.69, 9.17) is 0 Å². The summed E-state index contributed by atoms with van der Waals surface area (Å²) in [5.41, 5.74) is 0.446. The molecular formula is C13H19BrN4O2. The minimum atomic E-state index is -0.708. The smallest absolute Gasteiger partial charge is 0.313 e. The summed E-state index contributed by atoms with van der Waals surface area (Å²) in [4.78, 5) is 27.1. The van der Waals surface area contributed by atoms with Crippen molar-refractivity contribution in [1.29, 1.82) is 0 Å². The Bertz CT molecular complexity index is 486. The molecule has 3 N–H and O–H groups in total. The lowest BCUT2D eigenvalue weighted by molar-refractivity contribution is -0.136. The number of hydrogen-bond acceptors (Lipinski definition) is 4. The molecule has 1 aromatic heterocycles. The molecule has 0 radical (unpaired) electrons. The number of carbonyl (C=O) groups excluding carboxylic acids is 2. The summed E-state index contributed by atoms with van der Waals surface area (Å²) < 4.78 is 0.727. The molecule has 0 saturated carbocycles. The topological polar surface area (TPSA) is 83.1 Å². The monoisotopic (exact) mass is 342 g/mol. The van der Waals surface area contributed by atoms with Gasteiger partial charge in [-0.3, -0.25) is 14.6 Å². The predicted octanol–water partition coefficient (Wildman–Crippen LogP) is 1.29. The molecule has 0 aromatic carbocycles. The molecule has 1 heterocycles. The number of carbonyl (C=O) groups is 2. The summed E-state index contributed by atoms with van der Waals surface area (Å²) in [7, 11) is 0. The van der Waals surface area contributed by atoms with Crippen LogP contribution in [0.15, 0.2) is 22.9 Å². The molecule has 1 rings (SSSR count). The van der Waals surface area contributed by atoms with Crippen molar-refractivity contribution in [1.82, 2.24) is 15.6 Å². The maximum Gasteiger partial charge on any atom is 0.313 e.